The molecule has 4 rings (SSSR count). The fourth-order valence-corrected chi connectivity index (χ4v) is 2.65. The van der Waals surface area contributed by atoms with Crippen molar-refractivity contribution >= 4 is 12.2 Å². The highest BCUT2D eigenvalue weighted by molar-refractivity contribution is 7.71. The molecule has 1 N–H and O–H groups in total. The predicted molar refractivity (Wildman–Crippen MR) is 93.0 cm³/mol. The first-order chi connectivity index (χ1) is 11.8. The maximum absolute atomic E-state index is 5.19. The lowest BCUT2D eigenvalue weighted by atomic mass is 10.1. The molecular formula is C17H12N6S. The summed E-state index contributed by atoms with van der Waals surface area (Å²) in [6, 6.07) is 19.6. The van der Waals surface area contributed by atoms with Crippen LogP contribution in [0.3, 0.4) is 0 Å². The van der Waals surface area contributed by atoms with E-state index >= 15 is 0 Å². The largest absolute Gasteiger partial charge is 0.330 e. The van der Waals surface area contributed by atoms with Gasteiger partial charge in [-0.1, -0.05) is 48.5 Å². The first-order valence-corrected chi connectivity index (χ1v) is 7.73. The molecule has 0 atom stereocenters. The van der Waals surface area contributed by atoms with Gasteiger partial charge in [-0.25, -0.2) is 4.98 Å². The lowest BCUT2D eigenvalue weighted by Gasteiger charge is -2.09. The van der Waals surface area contributed by atoms with Crippen molar-refractivity contribution in [3.8, 4) is 28.3 Å². The van der Waals surface area contributed by atoms with Crippen LogP contribution in [0.25, 0.3) is 28.3 Å². The topological polar surface area (TPSA) is 72.3 Å². The van der Waals surface area contributed by atoms with E-state index in [-0.39, 0.29) is 0 Å². The molecule has 0 aliphatic rings. The smallest absolute Gasteiger partial charge is 0.197 e. The minimum atomic E-state index is 0.413. The van der Waals surface area contributed by atoms with Gasteiger partial charge in [-0.05, 0) is 40.3 Å². The Morgan fingerprint density at radius 3 is 2.38 bits per heavy atom. The van der Waals surface area contributed by atoms with Gasteiger partial charge in [0, 0.05) is 6.20 Å². The number of hydrogen-bond acceptors (Lipinski definition) is 5. The summed E-state index contributed by atoms with van der Waals surface area (Å²) in [7, 11) is 0. The second-order valence-corrected chi connectivity index (χ2v) is 5.48. The normalized spacial score (nSPS) is 10.7. The molecule has 0 amide bonds. The molecule has 2 aromatic carbocycles. The summed E-state index contributed by atoms with van der Waals surface area (Å²) in [5, 5.41) is 12.1. The molecule has 0 radical (unpaired) electrons. The maximum atomic E-state index is 5.19. The van der Waals surface area contributed by atoms with Crippen LogP contribution in [0.2, 0.25) is 0 Å². The van der Waals surface area contributed by atoms with Crippen LogP contribution in [0.15, 0.2) is 66.9 Å². The van der Waals surface area contributed by atoms with E-state index in [0.29, 0.717) is 10.6 Å². The zero-order valence-electron chi connectivity index (χ0n) is 12.5. The van der Waals surface area contributed by atoms with Crippen LogP contribution >= 0.6 is 12.2 Å². The van der Waals surface area contributed by atoms with E-state index in [0.717, 1.165) is 22.5 Å². The number of aromatic nitrogens is 6. The molecule has 2 heterocycles. The van der Waals surface area contributed by atoms with Crippen LogP contribution < -0.4 is 0 Å². The quantitative estimate of drug-likeness (QED) is 0.582. The maximum Gasteiger partial charge on any atom is 0.197 e. The van der Waals surface area contributed by atoms with Crippen LogP contribution in [0.5, 0.6) is 0 Å². The number of H-pyrrole nitrogens is 1. The van der Waals surface area contributed by atoms with Gasteiger partial charge in [0.05, 0.1) is 16.9 Å². The third-order valence-electron chi connectivity index (χ3n) is 3.59. The van der Waals surface area contributed by atoms with Crippen molar-refractivity contribution in [2.75, 3.05) is 0 Å². The van der Waals surface area contributed by atoms with Crippen molar-refractivity contribution in [2.24, 2.45) is 0 Å². The summed E-state index contributed by atoms with van der Waals surface area (Å²) in [5.41, 5.74) is 3.48. The molecule has 0 bridgehead atoms. The van der Waals surface area contributed by atoms with Crippen molar-refractivity contribution in [3.63, 3.8) is 0 Å². The van der Waals surface area contributed by atoms with Gasteiger partial charge in [0.2, 0.25) is 0 Å². The summed E-state index contributed by atoms with van der Waals surface area (Å²) in [5.74, 6) is 0.596. The lowest BCUT2D eigenvalue weighted by molar-refractivity contribution is 0.791. The van der Waals surface area contributed by atoms with Gasteiger partial charge in [0.25, 0.3) is 0 Å². The van der Waals surface area contributed by atoms with E-state index in [4.69, 9.17) is 12.2 Å². The van der Waals surface area contributed by atoms with E-state index in [2.05, 4.69) is 25.5 Å². The van der Waals surface area contributed by atoms with Crippen molar-refractivity contribution in [3.05, 3.63) is 71.6 Å². The Morgan fingerprint density at radius 1 is 0.917 bits per heavy atom. The summed E-state index contributed by atoms with van der Waals surface area (Å²) in [6.07, 6.45) is 1.70. The monoisotopic (exact) mass is 332 g/mol. The third-order valence-corrected chi connectivity index (χ3v) is 3.79. The Hall–Kier alpha value is -3.19. The number of benzene rings is 2. The zero-order valence-corrected chi connectivity index (χ0v) is 13.3. The SMILES string of the molecule is S=c1ncc(-c2nnnn2-c2ccccc2)c(-c2ccccc2)[nH]1. The van der Waals surface area contributed by atoms with E-state index in [1.165, 1.54) is 0 Å². The van der Waals surface area contributed by atoms with E-state index in [9.17, 15) is 0 Å². The molecule has 0 aliphatic carbocycles. The first-order valence-electron chi connectivity index (χ1n) is 7.32. The number of para-hydroxylation sites is 1. The Labute approximate surface area is 142 Å². The molecule has 24 heavy (non-hydrogen) atoms. The molecule has 0 fully saturated rings. The second-order valence-electron chi connectivity index (χ2n) is 5.09. The van der Waals surface area contributed by atoms with Gasteiger partial charge in [-0.3, -0.25) is 0 Å². The van der Waals surface area contributed by atoms with Crippen molar-refractivity contribution in [1.82, 2.24) is 30.2 Å². The number of nitrogens with zero attached hydrogens (tertiary/aromatic N) is 5. The van der Waals surface area contributed by atoms with Crippen LogP contribution in [0.1, 0.15) is 0 Å². The van der Waals surface area contributed by atoms with Gasteiger partial charge in [-0.15, -0.1) is 5.10 Å². The fourth-order valence-electron chi connectivity index (χ4n) is 2.49. The number of tetrazole rings is 1. The second kappa shape index (κ2) is 6.13. The summed E-state index contributed by atoms with van der Waals surface area (Å²) in [6.45, 7) is 0. The van der Waals surface area contributed by atoms with Crippen LogP contribution in [0, 0.1) is 4.77 Å². The highest BCUT2D eigenvalue weighted by Gasteiger charge is 2.16. The minimum absolute atomic E-state index is 0.413. The Kier molecular flexibility index (Phi) is 3.68. The van der Waals surface area contributed by atoms with E-state index in [1.54, 1.807) is 10.9 Å². The molecule has 4 aromatic rings. The minimum Gasteiger partial charge on any atom is -0.330 e. The number of rotatable bonds is 3. The Bertz CT molecular complexity index is 1020. The summed E-state index contributed by atoms with van der Waals surface area (Å²) < 4.78 is 2.09. The van der Waals surface area contributed by atoms with Gasteiger partial charge in [0.1, 0.15) is 0 Å². The molecule has 0 unspecified atom stereocenters. The lowest BCUT2D eigenvalue weighted by Crippen LogP contribution is -2.02. The number of hydrogen-bond donors (Lipinski definition) is 1. The molecule has 6 nitrogen and oxygen atoms in total. The zero-order chi connectivity index (χ0) is 16.4. The average Bonchev–Trinajstić information content (AvgIpc) is 3.13. The molecule has 0 spiro atoms. The molecular weight excluding hydrogens is 320 g/mol. The molecule has 0 saturated heterocycles. The summed E-state index contributed by atoms with van der Waals surface area (Å²) >= 11 is 5.19. The highest BCUT2D eigenvalue weighted by atomic mass is 32.1. The average molecular weight is 332 g/mol. The molecule has 7 heteroatoms. The number of nitrogens with one attached hydrogen (secondary N) is 1. The van der Waals surface area contributed by atoms with Crippen LogP contribution in [-0.4, -0.2) is 30.2 Å². The van der Waals surface area contributed by atoms with Gasteiger partial charge >= 0.3 is 0 Å². The van der Waals surface area contributed by atoms with E-state index < -0.39 is 0 Å². The Balaban J connectivity index is 1.94. The third kappa shape index (κ3) is 2.61. The number of aromatic amines is 1. The fraction of sp³-hybridized carbons (Fsp3) is 0. The molecule has 0 aliphatic heterocycles. The van der Waals surface area contributed by atoms with Gasteiger partial charge < -0.3 is 4.98 Å². The van der Waals surface area contributed by atoms with E-state index in [1.807, 2.05) is 60.7 Å². The van der Waals surface area contributed by atoms with Crippen molar-refractivity contribution in [2.45, 2.75) is 0 Å². The molecule has 0 saturated carbocycles. The predicted octanol–water partition coefficient (Wildman–Crippen LogP) is 3.45. The standard InChI is InChI=1S/C17H12N6S/c24-17-18-11-14(15(19-17)12-7-3-1-4-8-12)16-20-21-22-23(16)13-9-5-2-6-10-13/h1-11H,(H,18,19,24). The first kappa shape index (κ1) is 14.4. The molecule has 116 valence electrons. The Morgan fingerprint density at radius 2 is 1.62 bits per heavy atom. The van der Waals surface area contributed by atoms with Crippen LogP contribution in [-0.2, 0) is 0 Å². The summed E-state index contributed by atoms with van der Waals surface area (Å²) in [4.78, 5) is 7.36. The van der Waals surface area contributed by atoms with Crippen LogP contribution in [0.4, 0.5) is 0 Å². The van der Waals surface area contributed by atoms with Crippen molar-refractivity contribution in [1.29, 1.82) is 0 Å². The van der Waals surface area contributed by atoms with Crippen molar-refractivity contribution < 1.29 is 0 Å². The van der Waals surface area contributed by atoms with Gasteiger partial charge in [0.15, 0.2) is 10.6 Å². The highest BCUT2D eigenvalue weighted by Crippen LogP contribution is 2.28. The molecule has 2 aromatic heterocycles. The van der Waals surface area contributed by atoms with Gasteiger partial charge in [-0.2, -0.15) is 4.68 Å².